The fraction of sp³-hybridized carbons (Fsp3) is 0.412. The lowest BCUT2D eigenvalue weighted by atomic mass is 10.0. The third-order valence-corrected chi connectivity index (χ3v) is 4.38. The SMILES string of the molecule is Cn1nc(-c2ccc(F)cc2)cc1C(=O)N1CCCCC1C(F)(F)F. The first-order valence-electron chi connectivity index (χ1n) is 7.95. The van der Waals surface area contributed by atoms with E-state index in [2.05, 4.69) is 5.10 Å². The largest absolute Gasteiger partial charge is 0.408 e. The van der Waals surface area contributed by atoms with E-state index >= 15 is 0 Å². The lowest BCUT2D eigenvalue weighted by Crippen LogP contribution is -2.51. The van der Waals surface area contributed by atoms with E-state index in [1.165, 1.54) is 42.1 Å². The van der Waals surface area contributed by atoms with Crippen molar-refractivity contribution in [1.82, 2.24) is 14.7 Å². The molecule has 3 rings (SSSR count). The van der Waals surface area contributed by atoms with Gasteiger partial charge in [0.15, 0.2) is 0 Å². The summed E-state index contributed by atoms with van der Waals surface area (Å²) in [5.41, 5.74) is 1.07. The summed E-state index contributed by atoms with van der Waals surface area (Å²) in [5.74, 6) is -1.09. The summed E-state index contributed by atoms with van der Waals surface area (Å²) in [6.45, 7) is 0.0695. The molecule has 0 saturated carbocycles. The number of aromatic nitrogens is 2. The molecule has 25 heavy (non-hydrogen) atoms. The maximum atomic E-state index is 13.2. The zero-order chi connectivity index (χ0) is 18.2. The van der Waals surface area contributed by atoms with E-state index in [-0.39, 0.29) is 18.7 Å². The average Bonchev–Trinajstić information content (AvgIpc) is 2.96. The number of hydrogen-bond donors (Lipinski definition) is 0. The number of nitrogens with zero attached hydrogens (tertiary/aromatic N) is 3. The van der Waals surface area contributed by atoms with Crippen molar-refractivity contribution >= 4 is 5.91 Å². The van der Waals surface area contributed by atoms with E-state index in [0.29, 0.717) is 24.1 Å². The van der Waals surface area contributed by atoms with Crippen LogP contribution in [0, 0.1) is 5.82 Å². The Labute approximate surface area is 142 Å². The highest BCUT2D eigenvalue weighted by molar-refractivity contribution is 5.94. The molecule has 1 aliphatic heterocycles. The van der Waals surface area contributed by atoms with Gasteiger partial charge in [0.05, 0.1) is 5.69 Å². The molecule has 0 spiro atoms. The number of benzene rings is 1. The number of hydrogen-bond acceptors (Lipinski definition) is 2. The number of amides is 1. The van der Waals surface area contributed by atoms with Gasteiger partial charge in [-0.2, -0.15) is 18.3 Å². The standard InChI is InChI=1S/C17H17F4N3O/c1-23-14(10-13(22-23)11-5-7-12(18)8-6-11)16(25)24-9-3-2-4-15(24)17(19,20)21/h5-8,10,15H,2-4,9H2,1H3. The Hall–Kier alpha value is -2.38. The average molecular weight is 355 g/mol. The number of rotatable bonds is 2. The summed E-state index contributed by atoms with van der Waals surface area (Å²) < 4.78 is 54.0. The molecule has 1 aromatic heterocycles. The van der Waals surface area contributed by atoms with Gasteiger partial charge in [-0.25, -0.2) is 4.39 Å². The van der Waals surface area contributed by atoms with Gasteiger partial charge in [-0.3, -0.25) is 9.48 Å². The summed E-state index contributed by atoms with van der Waals surface area (Å²) in [7, 11) is 1.51. The van der Waals surface area contributed by atoms with Crippen LogP contribution >= 0.6 is 0 Å². The van der Waals surface area contributed by atoms with E-state index < -0.39 is 23.9 Å². The van der Waals surface area contributed by atoms with Crippen molar-refractivity contribution in [2.45, 2.75) is 31.5 Å². The number of likely N-dealkylation sites (tertiary alicyclic amines) is 1. The molecule has 0 bridgehead atoms. The molecule has 0 radical (unpaired) electrons. The first-order valence-corrected chi connectivity index (χ1v) is 7.95. The van der Waals surface area contributed by atoms with Crippen LogP contribution in [0.15, 0.2) is 30.3 Å². The Morgan fingerprint density at radius 1 is 1.20 bits per heavy atom. The third-order valence-electron chi connectivity index (χ3n) is 4.38. The minimum atomic E-state index is -4.45. The summed E-state index contributed by atoms with van der Waals surface area (Å²) in [6, 6.07) is 5.21. The normalized spacial score (nSPS) is 18.4. The maximum Gasteiger partial charge on any atom is 0.408 e. The second-order valence-corrected chi connectivity index (χ2v) is 6.10. The molecule has 1 unspecified atom stereocenters. The second-order valence-electron chi connectivity index (χ2n) is 6.10. The Kier molecular flexibility index (Phi) is 4.53. The van der Waals surface area contributed by atoms with Gasteiger partial charge in [0, 0.05) is 19.2 Å². The van der Waals surface area contributed by atoms with Crippen molar-refractivity contribution < 1.29 is 22.4 Å². The molecule has 8 heteroatoms. The number of halogens is 4. The minimum absolute atomic E-state index is 0.0695. The summed E-state index contributed by atoms with van der Waals surface area (Å²) >= 11 is 0. The molecule has 1 saturated heterocycles. The van der Waals surface area contributed by atoms with E-state index in [0.717, 1.165) is 4.90 Å². The van der Waals surface area contributed by atoms with Crippen molar-refractivity contribution in [2.24, 2.45) is 7.05 Å². The number of carbonyl (C=O) groups excluding carboxylic acids is 1. The molecule has 0 N–H and O–H groups in total. The van der Waals surface area contributed by atoms with Gasteiger partial charge in [0.25, 0.3) is 5.91 Å². The topological polar surface area (TPSA) is 38.1 Å². The van der Waals surface area contributed by atoms with Gasteiger partial charge in [-0.05, 0) is 49.6 Å². The molecule has 0 aliphatic carbocycles. The van der Waals surface area contributed by atoms with Crippen LogP contribution in [0.25, 0.3) is 11.3 Å². The van der Waals surface area contributed by atoms with Gasteiger partial charge in [0.2, 0.25) is 0 Å². The van der Waals surface area contributed by atoms with Crippen LogP contribution in [0.1, 0.15) is 29.8 Å². The van der Waals surface area contributed by atoms with Crippen LogP contribution < -0.4 is 0 Å². The zero-order valence-electron chi connectivity index (χ0n) is 13.6. The molecule has 1 aromatic carbocycles. The van der Waals surface area contributed by atoms with E-state index in [4.69, 9.17) is 0 Å². The predicted molar refractivity (Wildman–Crippen MR) is 83.3 cm³/mol. The first-order chi connectivity index (χ1) is 11.8. The lowest BCUT2D eigenvalue weighted by molar-refractivity contribution is -0.183. The van der Waals surface area contributed by atoms with Crippen molar-refractivity contribution in [3.8, 4) is 11.3 Å². The highest BCUT2D eigenvalue weighted by Crippen LogP contribution is 2.33. The highest BCUT2D eigenvalue weighted by Gasteiger charge is 2.46. The Morgan fingerprint density at radius 2 is 1.88 bits per heavy atom. The molecule has 4 nitrogen and oxygen atoms in total. The van der Waals surface area contributed by atoms with Crippen molar-refractivity contribution in [2.75, 3.05) is 6.54 Å². The van der Waals surface area contributed by atoms with Gasteiger partial charge in [-0.15, -0.1) is 0 Å². The number of carbonyl (C=O) groups is 1. The second kappa shape index (κ2) is 6.50. The number of alkyl halides is 3. The molecule has 1 aliphatic rings. The van der Waals surface area contributed by atoms with Crippen molar-refractivity contribution in [3.05, 3.63) is 41.8 Å². The molecular weight excluding hydrogens is 338 g/mol. The highest BCUT2D eigenvalue weighted by atomic mass is 19.4. The number of piperidine rings is 1. The van der Waals surface area contributed by atoms with Crippen molar-refractivity contribution in [3.63, 3.8) is 0 Å². The molecule has 134 valence electrons. The van der Waals surface area contributed by atoms with Gasteiger partial charge in [0.1, 0.15) is 17.6 Å². The van der Waals surface area contributed by atoms with Gasteiger partial charge < -0.3 is 4.90 Å². The molecule has 1 fully saturated rings. The fourth-order valence-corrected chi connectivity index (χ4v) is 3.09. The van der Waals surface area contributed by atoms with Crippen LogP contribution in [0.5, 0.6) is 0 Å². The van der Waals surface area contributed by atoms with Crippen molar-refractivity contribution in [1.29, 1.82) is 0 Å². The lowest BCUT2D eigenvalue weighted by Gasteiger charge is -2.36. The maximum absolute atomic E-state index is 13.2. The summed E-state index contributed by atoms with van der Waals surface area (Å²) in [4.78, 5) is 13.6. The van der Waals surface area contributed by atoms with E-state index in [1.54, 1.807) is 0 Å². The van der Waals surface area contributed by atoms with Gasteiger partial charge in [-0.1, -0.05) is 0 Å². The summed E-state index contributed by atoms with van der Waals surface area (Å²) in [5, 5.41) is 4.18. The first kappa shape index (κ1) is 17.4. The molecule has 1 amide bonds. The van der Waals surface area contributed by atoms with Crippen LogP contribution in [0.4, 0.5) is 17.6 Å². The fourth-order valence-electron chi connectivity index (χ4n) is 3.09. The third kappa shape index (κ3) is 3.52. The van der Waals surface area contributed by atoms with Gasteiger partial charge >= 0.3 is 6.18 Å². The summed E-state index contributed by atoms with van der Waals surface area (Å²) in [6.07, 6.45) is -3.55. The minimum Gasteiger partial charge on any atom is -0.325 e. The smallest absolute Gasteiger partial charge is 0.325 e. The monoisotopic (exact) mass is 355 g/mol. The molecule has 2 heterocycles. The van der Waals surface area contributed by atoms with Crippen LogP contribution in [-0.4, -0.2) is 39.4 Å². The van der Waals surface area contributed by atoms with Crippen LogP contribution in [-0.2, 0) is 7.05 Å². The Bertz CT molecular complexity index is 767. The number of aryl methyl sites for hydroxylation is 1. The van der Waals surface area contributed by atoms with E-state index in [1.807, 2.05) is 0 Å². The molecule has 1 atom stereocenters. The Balaban J connectivity index is 1.90. The molecule has 2 aromatic rings. The molecular formula is C17H17F4N3O. The van der Waals surface area contributed by atoms with Crippen LogP contribution in [0.3, 0.4) is 0 Å². The zero-order valence-corrected chi connectivity index (χ0v) is 13.6. The predicted octanol–water partition coefficient (Wildman–Crippen LogP) is 3.78. The quantitative estimate of drug-likeness (QED) is 0.769. The Morgan fingerprint density at radius 3 is 2.52 bits per heavy atom. The van der Waals surface area contributed by atoms with Crippen LogP contribution in [0.2, 0.25) is 0 Å². The van der Waals surface area contributed by atoms with E-state index in [9.17, 15) is 22.4 Å².